The summed E-state index contributed by atoms with van der Waals surface area (Å²) in [5, 5.41) is 9.77. The van der Waals surface area contributed by atoms with Crippen LogP contribution in [0.5, 0.6) is 0 Å². The number of H-pyrrole nitrogens is 1. The highest BCUT2D eigenvalue weighted by Gasteiger charge is 2.27. The number of amides is 1. The van der Waals surface area contributed by atoms with Crippen LogP contribution < -0.4 is 0 Å². The molecule has 1 N–H and O–H groups in total. The second kappa shape index (κ2) is 5.52. The summed E-state index contributed by atoms with van der Waals surface area (Å²) < 4.78 is 32.3. The van der Waals surface area contributed by atoms with Gasteiger partial charge in [-0.1, -0.05) is 0 Å². The molecule has 1 amide bonds. The number of aromatic nitrogens is 4. The van der Waals surface area contributed by atoms with E-state index in [2.05, 4.69) is 20.4 Å². The third kappa shape index (κ3) is 2.53. The first kappa shape index (κ1) is 14.5. The maximum atomic E-state index is 13.3. The average Bonchev–Trinajstić information content (AvgIpc) is 3.22. The molecule has 4 rings (SSSR count). The summed E-state index contributed by atoms with van der Waals surface area (Å²) in [6.45, 7) is 0.674. The van der Waals surface area contributed by atoms with Crippen molar-refractivity contribution in [2.24, 2.45) is 0 Å². The normalized spacial score (nSPS) is 13.8. The standard InChI is InChI=1S/C15H11F2N5O2/c16-9-3-8(4-10(17)5-9)14-19-12-7-22(2-1-13(12)24-14)15(23)11-6-18-21-20-11/h3-6H,1-2,7H2,(H,18,20,21). The van der Waals surface area contributed by atoms with Crippen LogP contribution in [0.4, 0.5) is 8.78 Å². The van der Waals surface area contributed by atoms with Crippen molar-refractivity contribution in [2.45, 2.75) is 13.0 Å². The lowest BCUT2D eigenvalue weighted by Gasteiger charge is -2.24. The minimum atomic E-state index is -0.705. The molecule has 1 aromatic carbocycles. The number of oxazole rings is 1. The van der Waals surface area contributed by atoms with Crippen LogP contribution in [0.15, 0.2) is 28.8 Å². The maximum Gasteiger partial charge on any atom is 0.276 e. The second-order valence-corrected chi connectivity index (χ2v) is 5.38. The zero-order valence-electron chi connectivity index (χ0n) is 12.3. The molecule has 9 heteroatoms. The van der Waals surface area contributed by atoms with Gasteiger partial charge in [0.1, 0.15) is 23.1 Å². The van der Waals surface area contributed by atoms with Crippen molar-refractivity contribution in [1.82, 2.24) is 25.3 Å². The summed E-state index contributed by atoms with van der Waals surface area (Å²) >= 11 is 0. The third-order valence-electron chi connectivity index (χ3n) is 3.76. The molecule has 3 aromatic rings. The molecule has 0 saturated heterocycles. The fourth-order valence-corrected chi connectivity index (χ4v) is 2.64. The first-order chi connectivity index (χ1) is 11.6. The van der Waals surface area contributed by atoms with Crippen molar-refractivity contribution in [3.8, 4) is 11.5 Å². The minimum Gasteiger partial charge on any atom is -0.441 e. The molecule has 0 fully saturated rings. The van der Waals surface area contributed by atoms with Gasteiger partial charge in [-0.3, -0.25) is 4.79 Å². The van der Waals surface area contributed by atoms with E-state index in [1.54, 1.807) is 4.90 Å². The summed E-state index contributed by atoms with van der Waals surface area (Å²) in [6, 6.07) is 3.09. The highest BCUT2D eigenvalue weighted by atomic mass is 19.1. The van der Waals surface area contributed by atoms with Gasteiger partial charge in [-0.25, -0.2) is 13.8 Å². The van der Waals surface area contributed by atoms with E-state index in [9.17, 15) is 13.6 Å². The fourth-order valence-electron chi connectivity index (χ4n) is 2.64. The lowest BCUT2D eigenvalue weighted by molar-refractivity contribution is 0.0722. The lowest BCUT2D eigenvalue weighted by Crippen LogP contribution is -2.36. The Balaban J connectivity index is 1.61. The molecular weight excluding hydrogens is 320 g/mol. The lowest BCUT2D eigenvalue weighted by atomic mass is 10.1. The van der Waals surface area contributed by atoms with Gasteiger partial charge in [-0.2, -0.15) is 15.4 Å². The highest BCUT2D eigenvalue weighted by Crippen LogP contribution is 2.27. The zero-order valence-corrected chi connectivity index (χ0v) is 12.3. The highest BCUT2D eigenvalue weighted by molar-refractivity contribution is 5.92. The van der Waals surface area contributed by atoms with Crippen LogP contribution in [0.3, 0.4) is 0 Å². The Kier molecular flexibility index (Phi) is 3.33. The Bertz CT molecular complexity index is 886. The summed E-state index contributed by atoms with van der Waals surface area (Å²) in [6.07, 6.45) is 1.81. The van der Waals surface area contributed by atoms with Gasteiger partial charge in [0.25, 0.3) is 5.91 Å². The number of halogens is 2. The van der Waals surface area contributed by atoms with Crippen molar-refractivity contribution in [2.75, 3.05) is 6.54 Å². The van der Waals surface area contributed by atoms with Crippen LogP contribution >= 0.6 is 0 Å². The van der Waals surface area contributed by atoms with Gasteiger partial charge in [-0.05, 0) is 12.1 Å². The largest absolute Gasteiger partial charge is 0.441 e. The summed E-state index contributed by atoms with van der Waals surface area (Å²) in [5.41, 5.74) is 1.00. The molecule has 0 unspecified atom stereocenters. The SMILES string of the molecule is O=C(c1cn[nH]n1)N1CCc2oc(-c3cc(F)cc(F)c3)nc2C1. The molecule has 3 heterocycles. The summed E-state index contributed by atoms with van der Waals surface area (Å²) in [4.78, 5) is 18.1. The topological polar surface area (TPSA) is 87.9 Å². The zero-order chi connectivity index (χ0) is 16.7. The minimum absolute atomic E-state index is 0.133. The Morgan fingerprint density at radius 2 is 2.04 bits per heavy atom. The Morgan fingerprint density at radius 1 is 1.25 bits per heavy atom. The monoisotopic (exact) mass is 331 g/mol. The second-order valence-electron chi connectivity index (χ2n) is 5.38. The maximum absolute atomic E-state index is 13.3. The van der Waals surface area contributed by atoms with Gasteiger partial charge in [-0.15, -0.1) is 0 Å². The number of hydrogen-bond acceptors (Lipinski definition) is 5. The van der Waals surface area contributed by atoms with E-state index in [1.165, 1.54) is 6.20 Å². The van der Waals surface area contributed by atoms with Crippen molar-refractivity contribution >= 4 is 5.91 Å². The number of fused-ring (bicyclic) bond motifs is 1. The van der Waals surface area contributed by atoms with E-state index in [-0.39, 0.29) is 29.6 Å². The van der Waals surface area contributed by atoms with Crippen molar-refractivity contribution < 1.29 is 18.0 Å². The molecule has 0 bridgehead atoms. The van der Waals surface area contributed by atoms with E-state index in [1.807, 2.05) is 0 Å². The van der Waals surface area contributed by atoms with Crippen LogP contribution in [0, 0.1) is 11.6 Å². The van der Waals surface area contributed by atoms with E-state index >= 15 is 0 Å². The summed E-state index contributed by atoms with van der Waals surface area (Å²) in [7, 11) is 0. The van der Waals surface area contributed by atoms with Crippen molar-refractivity contribution in [1.29, 1.82) is 0 Å². The van der Waals surface area contributed by atoms with Crippen molar-refractivity contribution in [3.05, 3.63) is 53.2 Å². The van der Waals surface area contributed by atoms with E-state index in [0.29, 0.717) is 24.4 Å². The van der Waals surface area contributed by atoms with E-state index < -0.39 is 11.6 Å². The number of nitrogens with zero attached hydrogens (tertiary/aromatic N) is 4. The summed E-state index contributed by atoms with van der Waals surface area (Å²) in [5.74, 6) is -0.934. The quantitative estimate of drug-likeness (QED) is 0.775. The number of aromatic amines is 1. The van der Waals surface area contributed by atoms with Crippen LogP contribution in [-0.4, -0.2) is 37.7 Å². The van der Waals surface area contributed by atoms with Gasteiger partial charge in [0.15, 0.2) is 5.69 Å². The fraction of sp³-hybridized carbons (Fsp3) is 0.200. The molecule has 0 aliphatic carbocycles. The Morgan fingerprint density at radius 3 is 2.75 bits per heavy atom. The first-order valence-electron chi connectivity index (χ1n) is 7.20. The molecule has 0 saturated carbocycles. The molecule has 0 radical (unpaired) electrons. The van der Waals surface area contributed by atoms with Crippen LogP contribution in [-0.2, 0) is 13.0 Å². The number of nitrogens with one attached hydrogen (secondary N) is 1. The smallest absolute Gasteiger partial charge is 0.276 e. The van der Waals surface area contributed by atoms with Gasteiger partial charge < -0.3 is 9.32 Å². The van der Waals surface area contributed by atoms with Gasteiger partial charge in [0.2, 0.25) is 5.89 Å². The van der Waals surface area contributed by atoms with Gasteiger partial charge >= 0.3 is 0 Å². The van der Waals surface area contributed by atoms with Gasteiger partial charge in [0, 0.05) is 24.6 Å². The van der Waals surface area contributed by atoms with Crippen LogP contribution in [0.2, 0.25) is 0 Å². The van der Waals surface area contributed by atoms with Gasteiger partial charge in [0.05, 0.1) is 12.7 Å². The number of rotatable bonds is 2. The molecule has 0 atom stereocenters. The average molecular weight is 331 g/mol. The molecule has 1 aliphatic heterocycles. The van der Waals surface area contributed by atoms with Crippen LogP contribution in [0.1, 0.15) is 21.9 Å². The van der Waals surface area contributed by atoms with Crippen molar-refractivity contribution in [3.63, 3.8) is 0 Å². The molecule has 122 valence electrons. The molecule has 24 heavy (non-hydrogen) atoms. The molecule has 2 aromatic heterocycles. The number of carbonyl (C=O) groups excluding carboxylic acids is 1. The number of benzene rings is 1. The first-order valence-corrected chi connectivity index (χ1v) is 7.20. The Labute approximate surface area is 134 Å². The predicted octanol–water partition coefficient (Wildman–Crippen LogP) is 1.94. The molecular formula is C15H11F2N5O2. The van der Waals surface area contributed by atoms with E-state index in [4.69, 9.17) is 4.42 Å². The third-order valence-corrected chi connectivity index (χ3v) is 3.76. The number of carbonyl (C=O) groups is 1. The predicted molar refractivity (Wildman–Crippen MR) is 76.7 cm³/mol. The molecule has 0 spiro atoms. The van der Waals surface area contributed by atoms with E-state index in [0.717, 1.165) is 18.2 Å². The van der Waals surface area contributed by atoms with Crippen LogP contribution in [0.25, 0.3) is 11.5 Å². The molecule has 1 aliphatic rings. The number of hydrogen-bond donors (Lipinski definition) is 1. The Hall–Kier alpha value is -3.10. The molecule has 7 nitrogen and oxygen atoms in total.